The number of anilines is 1. The summed E-state index contributed by atoms with van der Waals surface area (Å²) in [6.45, 7) is 2.53. The van der Waals surface area contributed by atoms with Gasteiger partial charge in [-0.3, -0.25) is 14.2 Å². The molecule has 0 fully saturated rings. The normalized spacial score (nSPS) is 11.0. The molecule has 2 heterocycles. The molecule has 2 aromatic heterocycles. The van der Waals surface area contributed by atoms with Crippen molar-refractivity contribution in [3.63, 3.8) is 0 Å². The van der Waals surface area contributed by atoms with E-state index in [1.807, 2.05) is 60.8 Å². The number of benzene rings is 2. The zero-order valence-electron chi connectivity index (χ0n) is 17.4. The first-order valence-corrected chi connectivity index (χ1v) is 11.9. The van der Waals surface area contributed by atoms with Gasteiger partial charge in [0.15, 0.2) is 5.16 Å². The number of fused-ring (bicyclic) bond motifs is 1. The van der Waals surface area contributed by atoms with Crippen LogP contribution in [0.5, 0.6) is 0 Å². The number of hydrogen-bond donors (Lipinski definition) is 0. The third kappa shape index (κ3) is 4.89. The zero-order valence-corrected chi connectivity index (χ0v) is 19.1. The van der Waals surface area contributed by atoms with Crippen molar-refractivity contribution in [2.24, 2.45) is 0 Å². The third-order valence-electron chi connectivity index (χ3n) is 5.08. The van der Waals surface area contributed by atoms with Crippen LogP contribution in [0.15, 0.2) is 76.0 Å². The monoisotopic (exact) mass is 449 g/mol. The fourth-order valence-electron chi connectivity index (χ4n) is 3.34. The zero-order chi connectivity index (χ0) is 21.8. The molecule has 5 nitrogen and oxygen atoms in total. The highest BCUT2D eigenvalue weighted by Gasteiger charge is 2.16. The van der Waals surface area contributed by atoms with E-state index in [0.29, 0.717) is 22.6 Å². The standard InChI is InChI=1S/C24H23N3O2S2/c1-17-7-5-8-18(15-17)26(2)22(28)16-31-24-25-21-11-4-3-10-20(21)23(29)27(24)13-12-19-9-6-14-30-19/h3-11,14-15H,12-13,16H2,1-2H3. The lowest BCUT2D eigenvalue weighted by molar-refractivity contribution is -0.115. The molecular formula is C24H23N3O2S2. The first-order chi connectivity index (χ1) is 15.0. The molecule has 0 N–H and O–H groups in total. The lowest BCUT2D eigenvalue weighted by Gasteiger charge is -2.18. The van der Waals surface area contributed by atoms with E-state index in [2.05, 4.69) is 6.07 Å². The minimum Gasteiger partial charge on any atom is -0.315 e. The number of nitrogens with zero attached hydrogens (tertiary/aromatic N) is 3. The number of hydrogen-bond acceptors (Lipinski definition) is 5. The van der Waals surface area contributed by atoms with Crippen LogP contribution in [0.4, 0.5) is 5.69 Å². The van der Waals surface area contributed by atoms with Crippen LogP contribution >= 0.6 is 23.1 Å². The summed E-state index contributed by atoms with van der Waals surface area (Å²) in [7, 11) is 1.77. The maximum absolute atomic E-state index is 13.2. The van der Waals surface area contributed by atoms with E-state index in [1.54, 1.807) is 33.9 Å². The van der Waals surface area contributed by atoms with Gasteiger partial charge in [-0.25, -0.2) is 4.98 Å². The molecule has 1 amide bonds. The Hall–Kier alpha value is -2.90. The minimum atomic E-state index is -0.0656. The predicted molar refractivity (Wildman–Crippen MR) is 129 cm³/mol. The van der Waals surface area contributed by atoms with E-state index in [4.69, 9.17) is 4.98 Å². The second kappa shape index (κ2) is 9.49. The average Bonchev–Trinajstić information content (AvgIpc) is 3.30. The summed E-state index contributed by atoms with van der Waals surface area (Å²) in [4.78, 5) is 33.6. The summed E-state index contributed by atoms with van der Waals surface area (Å²) < 4.78 is 1.70. The molecule has 0 aliphatic heterocycles. The molecule has 4 aromatic rings. The number of carbonyl (C=O) groups excluding carboxylic acids is 1. The molecule has 0 unspecified atom stereocenters. The van der Waals surface area contributed by atoms with Gasteiger partial charge in [0.05, 0.1) is 16.7 Å². The molecule has 0 aliphatic rings. The molecule has 0 saturated carbocycles. The van der Waals surface area contributed by atoms with Gasteiger partial charge < -0.3 is 4.90 Å². The Balaban J connectivity index is 1.58. The van der Waals surface area contributed by atoms with Gasteiger partial charge >= 0.3 is 0 Å². The first kappa shape index (κ1) is 21.3. The van der Waals surface area contributed by atoms with Crippen LogP contribution in [0.1, 0.15) is 10.4 Å². The van der Waals surface area contributed by atoms with E-state index in [-0.39, 0.29) is 17.2 Å². The number of thioether (sulfide) groups is 1. The van der Waals surface area contributed by atoms with Crippen LogP contribution < -0.4 is 10.5 Å². The fraction of sp³-hybridized carbons (Fsp3) is 0.208. The molecule has 0 aliphatic carbocycles. The van der Waals surface area contributed by atoms with E-state index in [0.717, 1.165) is 17.7 Å². The van der Waals surface area contributed by atoms with E-state index in [1.165, 1.54) is 16.6 Å². The van der Waals surface area contributed by atoms with Crippen molar-refractivity contribution in [3.05, 3.63) is 86.8 Å². The van der Waals surface area contributed by atoms with E-state index >= 15 is 0 Å². The van der Waals surface area contributed by atoms with Gasteiger partial charge in [0.25, 0.3) is 5.56 Å². The highest BCUT2D eigenvalue weighted by Crippen LogP contribution is 2.21. The molecule has 0 bridgehead atoms. The van der Waals surface area contributed by atoms with Gasteiger partial charge in [0.1, 0.15) is 0 Å². The van der Waals surface area contributed by atoms with Crippen molar-refractivity contribution < 1.29 is 4.79 Å². The molecule has 0 spiro atoms. The molecule has 0 atom stereocenters. The van der Waals surface area contributed by atoms with Crippen LogP contribution in [-0.4, -0.2) is 28.3 Å². The topological polar surface area (TPSA) is 55.2 Å². The Labute approximate surface area is 189 Å². The third-order valence-corrected chi connectivity index (χ3v) is 6.97. The van der Waals surface area contributed by atoms with E-state index < -0.39 is 0 Å². The van der Waals surface area contributed by atoms with Gasteiger partial charge in [0.2, 0.25) is 5.91 Å². The summed E-state index contributed by atoms with van der Waals surface area (Å²) in [6.07, 6.45) is 0.752. The van der Waals surface area contributed by atoms with Gasteiger partial charge in [-0.1, -0.05) is 42.1 Å². The smallest absolute Gasteiger partial charge is 0.262 e. The van der Waals surface area contributed by atoms with Crippen molar-refractivity contribution in [3.8, 4) is 0 Å². The average molecular weight is 450 g/mol. The highest BCUT2D eigenvalue weighted by atomic mass is 32.2. The van der Waals surface area contributed by atoms with Gasteiger partial charge in [0, 0.05) is 24.2 Å². The number of amides is 1. The summed E-state index contributed by atoms with van der Waals surface area (Å²) in [5.41, 5.74) is 2.54. The second-order valence-electron chi connectivity index (χ2n) is 7.28. The number of para-hydroxylation sites is 1. The first-order valence-electron chi connectivity index (χ1n) is 10.0. The molecule has 0 radical (unpaired) electrons. The van der Waals surface area contributed by atoms with Crippen LogP contribution in [0.25, 0.3) is 10.9 Å². The molecule has 7 heteroatoms. The van der Waals surface area contributed by atoms with Gasteiger partial charge in [-0.15, -0.1) is 11.3 Å². The second-order valence-corrected chi connectivity index (χ2v) is 9.25. The van der Waals surface area contributed by atoms with Crippen molar-refractivity contribution in [2.75, 3.05) is 17.7 Å². The fourth-order valence-corrected chi connectivity index (χ4v) is 4.97. The molecule has 2 aromatic carbocycles. The van der Waals surface area contributed by atoms with Crippen molar-refractivity contribution in [2.45, 2.75) is 25.0 Å². The molecule has 0 saturated heterocycles. The summed E-state index contributed by atoms with van der Waals surface area (Å²) in [6, 6.07) is 19.3. The molecular weight excluding hydrogens is 426 g/mol. The lowest BCUT2D eigenvalue weighted by Crippen LogP contribution is -2.29. The number of thiophene rings is 1. The molecule has 31 heavy (non-hydrogen) atoms. The quantitative estimate of drug-likeness (QED) is 0.301. The lowest BCUT2D eigenvalue weighted by atomic mass is 10.2. The van der Waals surface area contributed by atoms with Crippen molar-refractivity contribution in [1.82, 2.24) is 9.55 Å². The number of aryl methyl sites for hydroxylation is 2. The maximum atomic E-state index is 13.2. The Morgan fingerprint density at radius 2 is 1.97 bits per heavy atom. The SMILES string of the molecule is Cc1cccc(N(C)C(=O)CSc2nc3ccccc3c(=O)n2CCc2cccs2)c1. The van der Waals surface area contributed by atoms with Gasteiger partial charge in [-0.05, 0) is 54.6 Å². The number of carbonyl (C=O) groups is 1. The van der Waals surface area contributed by atoms with Crippen LogP contribution in [-0.2, 0) is 17.8 Å². The predicted octanol–water partition coefficient (Wildman–Crippen LogP) is 4.76. The summed E-state index contributed by atoms with van der Waals surface area (Å²) >= 11 is 2.99. The van der Waals surface area contributed by atoms with Crippen LogP contribution in [0.3, 0.4) is 0 Å². The maximum Gasteiger partial charge on any atom is 0.262 e. The largest absolute Gasteiger partial charge is 0.315 e. The Morgan fingerprint density at radius 1 is 1.13 bits per heavy atom. The van der Waals surface area contributed by atoms with Gasteiger partial charge in [-0.2, -0.15) is 0 Å². The summed E-state index contributed by atoms with van der Waals surface area (Å²) in [5.74, 6) is 0.164. The van der Waals surface area contributed by atoms with E-state index in [9.17, 15) is 9.59 Å². The molecule has 158 valence electrons. The summed E-state index contributed by atoms with van der Waals surface area (Å²) in [5, 5.41) is 3.21. The highest BCUT2D eigenvalue weighted by molar-refractivity contribution is 7.99. The minimum absolute atomic E-state index is 0.0391. The van der Waals surface area contributed by atoms with Crippen molar-refractivity contribution >= 4 is 45.6 Å². The Morgan fingerprint density at radius 3 is 2.74 bits per heavy atom. The van der Waals surface area contributed by atoms with Crippen LogP contribution in [0, 0.1) is 6.92 Å². The Bertz CT molecular complexity index is 1270. The number of aromatic nitrogens is 2. The number of rotatable bonds is 7. The van der Waals surface area contributed by atoms with Crippen LogP contribution in [0.2, 0.25) is 0 Å². The van der Waals surface area contributed by atoms with Crippen molar-refractivity contribution in [1.29, 1.82) is 0 Å². The molecule has 4 rings (SSSR count). The Kier molecular flexibility index (Phi) is 6.53.